The van der Waals surface area contributed by atoms with Crippen LogP contribution in [0.15, 0.2) is 30.3 Å². The van der Waals surface area contributed by atoms with Gasteiger partial charge in [0.05, 0.1) is 0 Å². The summed E-state index contributed by atoms with van der Waals surface area (Å²) in [6.45, 7) is 8.68. The topological polar surface area (TPSA) is 65.5 Å². The minimum atomic E-state index is -0.0548. The second-order valence-corrected chi connectivity index (χ2v) is 11.7. The number of benzene rings is 1. The molecule has 9 heteroatoms. The number of hydrogen-bond donors (Lipinski definition) is 2. The van der Waals surface area contributed by atoms with Crippen LogP contribution in [-0.2, 0) is 10.2 Å². The molecule has 3 aliphatic rings. The van der Waals surface area contributed by atoms with E-state index in [0.29, 0.717) is 17.6 Å². The van der Waals surface area contributed by atoms with E-state index in [1.165, 1.54) is 37.7 Å². The van der Waals surface area contributed by atoms with Gasteiger partial charge in [-0.25, -0.2) is 0 Å². The fraction of sp³-hybridized carbons (Fsp3) is 0.607. The summed E-state index contributed by atoms with van der Waals surface area (Å²) in [4.78, 5) is 14.6. The molecule has 1 aromatic carbocycles. The number of ether oxygens (including phenoxy) is 1. The van der Waals surface area contributed by atoms with Gasteiger partial charge in [0.15, 0.2) is 5.11 Å². The number of anilines is 3. The van der Waals surface area contributed by atoms with Crippen molar-refractivity contribution in [2.24, 2.45) is 5.92 Å². The van der Waals surface area contributed by atoms with Crippen LogP contribution < -0.4 is 20.4 Å². The van der Waals surface area contributed by atoms with Crippen LogP contribution in [-0.4, -0.2) is 61.0 Å². The van der Waals surface area contributed by atoms with Crippen molar-refractivity contribution in [2.75, 3.05) is 61.1 Å². The van der Waals surface area contributed by atoms with Gasteiger partial charge in [-0.3, -0.25) is 0 Å². The first kappa shape index (κ1) is 26.4. The van der Waals surface area contributed by atoms with Crippen molar-refractivity contribution in [1.82, 2.24) is 15.3 Å². The van der Waals surface area contributed by atoms with Crippen molar-refractivity contribution in [3.05, 3.63) is 40.9 Å². The van der Waals surface area contributed by atoms with Gasteiger partial charge in [0, 0.05) is 62.4 Å². The second kappa shape index (κ2) is 12.1. The number of halogens is 1. The number of rotatable bonds is 6. The van der Waals surface area contributed by atoms with E-state index in [4.69, 9.17) is 38.5 Å². The monoisotopic (exact) mass is 542 g/mol. The summed E-state index contributed by atoms with van der Waals surface area (Å²) in [5, 5.41) is 8.10. The summed E-state index contributed by atoms with van der Waals surface area (Å²) in [6.07, 6.45) is 7.97. The van der Waals surface area contributed by atoms with Gasteiger partial charge >= 0.3 is 0 Å². The quantitative estimate of drug-likeness (QED) is 0.471. The molecule has 3 fully saturated rings. The molecular weight excluding hydrogens is 504 g/mol. The Morgan fingerprint density at radius 2 is 1.62 bits per heavy atom. The Labute approximate surface area is 231 Å². The molecule has 0 unspecified atom stereocenters. The van der Waals surface area contributed by atoms with E-state index in [0.717, 1.165) is 74.8 Å². The zero-order chi connectivity index (χ0) is 25.7. The van der Waals surface area contributed by atoms with Crippen LogP contribution in [0.25, 0.3) is 0 Å². The van der Waals surface area contributed by atoms with Crippen molar-refractivity contribution < 1.29 is 4.74 Å². The molecule has 2 aromatic rings. The van der Waals surface area contributed by atoms with E-state index in [1.807, 2.05) is 12.1 Å². The van der Waals surface area contributed by atoms with E-state index in [-0.39, 0.29) is 5.41 Å². The maximum absolute atomic E-state index is 6.17. The highest BCUT2D eigenvalue weighted by Gasteiger charge is 2.34. The van der Waals surface area contributed by atoms with Crippen LogP contribution in [0.1, 0.15) is 57.4 Å². The lowest BCUT2D eigenvalue weighted by molar-refractivity contribution is 0.0515. The molecule has 3 saturated heterocycles. The van der Waals surface area contributed by atoms with E-state index < -0.39 is 0 Å². The normalized spacial score (nSPS) is 20.5. The standard InChI is InChI=1S/C28H39ClN6OS/c1-21-9-15-35(16-10-21)25-19-24(34-13-3-2-4-14-34)31-26(32-25)33-27(37)30-20-28(11-17-36-18-12-28)22-5-7-23(29)8-6-22/h5-8,19,21H,2-4,9-18,20H2,1H3,(H2,30,31,32,33,37). The summed E-state index contributed by atoms with van der Waals surface area (Å²) >= 11 is 11.9. The zero-order valence-electron chi connectivity index (χ0n) is 21.8. The Hall–Kier alpha value is -2.16. The van der Waals surface area contributed by atoms with E-state index in [9.17, 15) is 0 Å². The molecule has 1 aromatic heterocycles. The Bertz CT molecular complexity index is 1050. The zero-order valence-corrected chi connectivity index (χ0v) is 23.4. The predicted molar refractivity (Wildman–Crippen MR) is 156 cm³/mol. The molecule has 3 aliphatic heterocycles. The van der Waals surface area contributed by atoms with Crippen molar-refractivity contribution in [1.29, 1.82) is 0 Å². The summed E-state index contributed by atoms with van der Waals surface area (Å²) in [7, 11) is 0. The summed E-state index contributed by atoms with van der Waals surface area (Å²) < 4.78 is 5.69. The number of hydrogen-bond acceptors (Lipinski definition) is 6. The number of piperidine rings is 2. The molecule has 4 heterocycles. The molecule has 0 amide bonds. The molecule has 2 N–H and O–H groups in total. The molecule has 0 saturated carbocycles. The molecule has 5 rings (SSSR count). The number of nitrogens with zero attached hydrogens (tertiary/aromatic N) is 4. The molecule has 0 spiro atoms. The smallest absolute Gasteiger partial charge is 0.232 e. The molecule has 37 heavy (non-hydrogen) atoms. The molecule has 0 aliphatic carbocycles. The average molecular weight is 543 g/mol. The molecule has 0 atom stereocenters. The molecule has 200 valence electrons. The maximum atomic E-state index is 6.17. The van der Waals surface area contributed by atoms with Gasteiger partial charge in [0.2, 0.25) is 5.95 Å². The van der Waals surface area contributed by atoms with Crippen LogP contribution in [0.4, 0.5) is 17.6 Å². The van der Waals surface area contributed by atoms with Gasteiger partial charge in [-0.1, -0.05) is 30.7 Å². The second-order valence-electron chi connectivity index (χ2n) is 10.8. The largest absolute Gasteiger partial charge is 0.381 e. The van der Waals surface area contributed by atoms with E-state index >= 15 is 0 Å². The van der Waals surface area contributed by atoms with Crippen LogP contribution in [0.3, 0.4) is 0 Å². The highest BCUT2D eigenvalue weighted by Crippen LogP contribution is 2.35. The van der Waals surface area contributed by atoms with Crippen molar-refractivity contribution in [2.45, 2.75) is 57.3 Å². The lowest BCUT2D eigenvalue weighted by Gasteiger charge is -2.38. The SMILES string of the molecule is CC1CCN(c2cc(N3CCCCC3)nc(NC(=S)NCC3(c4ccc(Cl)cc4)CCOCC3)n2)CC1. The van der Waals surface area contributed by atoms with Crippen LogP contribution in [0.5, 0.6) is 0 Å². The third-order valence-electron chi connectivity index (χ3n) is 8.21. The summed E-state index contributed by atoms with van der Waals surface area (Å²) in [5.41, 5.74) is 1.21. The third kappa shape index (κ3) is 6.65. The molecular formula is C28H39ClN6OS. The van der Waals surface area contributed by atoms with Crippen molar-refractivity contribution in [3.8, 4) is 0 Å². The maximum Gasteiger partial charge on any atom is 0.232 e. The fourth-order valence-electron chi connectivity index (χ4n) is 5.69. The first-order valence-electron chi connectivity index (χ1n) is 13.8. The first-order chi connectivity index (χ1) is 18.0. The predicted octanol–water partition coefficient (Wildman–Crippen LogP) is 5.39. The minimum Gasteiger partial charge on any atom is -0.381 e. The summed E-state index contributed by atoms with van der Waals surface area (Å²) in [5.74, 6) is 3.33. The number of aromatic nitrogens is 2. The highest BCUT2D eigenvalue weighted by atomic mass is 35.5. The Kier molecular flexibility index (Phi) is 8.67. The van der Waals surface area contributed by atoms with Crippen LogP contribution >= 0.6 is 23.8 Å². The van der Waals surface area contributed by atoms with Gasteiger partial charge in [0.1, 0.15) is 11.6 Å². The van der Waals surface area contributed by atoms with Gasteiger partial charge in [-0.15, -0.1) is 0 Å². The van der Waals surface area contributed by atoms with E-state index in [2.05, 4.69) is 45.6 Å². The lowest BCUT2D eigenvalue weighted by atomic mass is 9.74. The van der Waals surface area contributed by atoms with Crippen molar-refractivity contribution >= 4 is 46.5 Å². The van der Waals surface area contributed by atoms with Gasteiger partial charge in [-0.2, -0.15) is 9.97 Å². The molecule has 7 nitrogen and oxygen atoms in total. The van der Waals surface area contributed by atoms with Gasteiger partial charge in [-0.05, 0) is 80.8 Å². The van der Waals surface area contributed by atoms with Gasteiger partial charge in [0.25, 0.3) is 0 Å². The fourth-order valence-corrected chi connectivity index (χ4v) is 5.98. The number of nitrogens with one attached hydrogen (secondary N) is 2. The average Bonchev–Trinajstić information content (AvgIpc) is 2.93. The van der Waals surface area contributed by atoms with E-state index in [1.54, 1.807) is 0 Å². The Morgan fingerprint density at radius 3 is 2.27 bits per heavy atom. The third-order valence-corrected chi connectivity index (χ3v) is 8.70. The summed E-state index contributed by atoms with van der Waals surface area (Å²) in [6, 6.07) is 10.4. The molecule has 0 radical (unpaired) electrons. The van der Waals surface area contributed by atoms with Gasteiger partial charge < -0.3 is 25.2 Å². The van der Waals surface area contributed by atoms with Crippen LogP contribution in [0.2, 0.25) is 5.02 Å². The lowest BCUT2D eigenvalue weighted by Crippen LogP contribution is -2.45. The van der Waals surface area contributed by atoms with Crippen LogP contribution in [0, 0.1) is 5.92 Å². The Balaban J connectivity index is 1.31. The molecule has 0 bridgehead atoms. The number of thiocarbonyl (C=S) groups is 1. The Morgan fingerprint density at radius 1 is 1.00 bits per heavy atom. The van der Waals surface area contributed by atoms with Crippen molar-refractivity contribution in [3.63, 3.8) is 0 Å². The first-order valence-corrected chi connectivity index (χ1v) is 14.6. The highest BCUT2D eigenvalue weighted by molar-refractivity contribution is 7.80. The minimum absolute atomic E-state index is 0.0548.